The summed E-state index contributed by atoms with van der Waals surface area (Å²) in [4.78, 5) is 29.5. The summed E-state index contributed by atoms with van der Waals surface area (Å²) in [7, 11) is 0. The maximum atomic E-state index is 12.8. The lowest BCUT2D eigenvalue weighted by Gasteiger charge is -2.32. The smallest absolute Gasteiger partial charge is 0.226 e. The molecule has 2 amide bonds. The number of piperidine rings is 1. The third-order valence-electron chi connectivity index (χ3n) is 6.02. The molecule has 0 bridgehead atoms. The van der Waals surface area contributed by atoms with Gasteiger partial charge in [0.1, 0.15) is 0 Å². The summed E-state index contributed by atoms with van der Waals surface area (Å²) in [6, 6.07) is 10.6. The largest absolute Gasteiger partial charge is 0.342 e. The van der Waals surface area contributed by atoms with Gasteiger partial charge in [-0.15, -0.1) is 0 Å². The topological polar surface area (TPSA) is 40.6 Å². The Morgan fingerprint density at radius 3 is 2.22 bits per heavy atom. The number of hydrogen-bond donors (Lipinski definition) is 0. The van der Waals surface area contributed by atoms with E-state index in [-0.39, 0.29) is 23.7 Å². The van der Waals surface area contributed by atoms with Crippen LogP contribution in [0.3, 0.4) is 0 Å². The van der Waals surface area contributed by atoms with Crippen molar-refractivity contribution in [2.24, 2.45) is 17.8 Å². The number of carbonyl (C=O) groups excluding carboxylic acids is 2. The molecule has 2 atom stereocenters. The van der Waals surface area contributed by atoms with Gasteiger partial charge in [0.05, 0.1) is 11.8 Å². The van der Waals surface area contributed by atoms with E-state index in [9.17, 15) is 9.59 Å². The normalized spacial score (nSPS) is 22.5. The molecule has 4 nitrogen and oxygen atoms in total. The Morgan fingerprint density at radius 1 is 1.00 bits per heavy atom. The monoisotopic (exact) mass is 370 g/mol. The van der Waals surface area contributed by atoms with E-state index in [0.29, 0.717) is 5.92 Å². The van der Waals surface area contributed by atoms with E-state index in [1.807, 2.05) is 9.80 Å². The van der Waals surface area contributed by atoms with E-state index in [0.717, 1.165) is 64.7 Å². The quantitative estimate of drug-likeness (QED) is 0.699. The van der Waals surface area contributed by atoms with Gasteiger partial charge in [-0.05, 0) is 50.0 Å². The summed E-state index contributed by atoms with van der Waals surface area (Å²) in [5.74, 6) is 0.977. The summed E-state index contributed by atoms with van der Waals surface area (Å²) >= 11 is 0. The van der Waals surface area contributed by atoms with E-state index in [2.05, 4.69) is 44.2 Å². The Balaban J connectivity index is 1.45. The number of nitrogens with zero attached hydrogens (tertiary/aromatic N) is 2. The van der Waals surface area contributed by atoms with Crippen LogP contribution in [0.25, 0.3) is 0 Å². The van der Waals surface area contributed by atoms with E-state index in [1.165, 1.54) is 5.56 Å². The van der Waals surface area contributed by atoms with Gasteiger partial charge < -0.3 is 9.80 Å². The zero-order valence-corrected chi connectivity index (χ0v) is 16.9. The molecule has 0 N–H and O–H groups in total. The number of likely N-dealkylation sites (tertiary alicyclic amines) is 1. The number of hydrogen-bond acceptors (Lipinski definition) is 2. The van der Waals surface area contributed by atoms with Gasteiger partial charge in [0, 0.05) is 26.2 Å². The highest BCUT2D eigenvalue weighted by atomic mass is 16.2. The minimum absolute atomic E-state index is 0.0561. The Kier molecular flexibility index (Phi) is 6.92. The number of amides is 2. The second-order valence-corrected chi connectivity index (χ2v) is 8.23. The molecule has 2 aliphatic rings. The Bertz CT molecular complexity index is 617. The van der Waals surface area contributed by atoms with Crippen LogP contribution in [0.2, 0.25) is 0 Å². The van der Waals surface area contributed by atoms with Crippen LogP contribution in [0.5, 0.6) is 0 Å². The first-order valence-electron chi connectivity index (χ1n) is 10.8. The van der Waals surface area contributed by atoms with Crippen LogP contribution < -0.4 is 0 Å². The fourth-order valence-electron chi connectivity index (χ4n) is 4.39. The number of rotatable bonds is 8. The predicted molar refractivity (Wildman–Crippen MR) is 108 cm³/mol. The lowest BCUT2D eigenvalue weighted by Crippen LogP contribution is -2.41. The lowest BCUT2D eigenvalue weighted by molar-refractivity contribution is -0.138. The predicted octanol–water partition coefficient (Wildman–Crippen LogP) is 3.75. The third kappa shape index (κ3) is 5.12. The average molecular weight is 371 g/mol. The molecule has 2 unspecified atom stereocenters. The lowest BCUT2D eigenvalue weighted by atomic mass is 9.90. The molecule has 1 heterocycles. The van der Waals surface area contributed by atoms with Gasteiger partial charge in [-0.25, -0.2) is 0 Å². The van der Waals surface area contributed by atoms with Crippen molar-refractivity contribution in [3.05, 3.63) is 35.9 Å². The molecule has 2 fully saturated rings. The molecule has 4 heteroatoms. The van der Waals surface area contributed by atoms with Gasteiger partial charge >= 0.3 is 0 Å². The molecule has 0 aromatic heterocycles. The first kappa shape index (κ1) is 19.9. The zero-order chi connectivity index (χ0) is 19.2. The fourth-order valence-corrected chi connectivity index (χ4v) is 4.39. The van der Waals surface area contributed by atoms with Gasteiger partial charge in [0.15, 0.2) is 0 Å². The molecule has 1 saturated heterocycles. The molecule has 1 aromatic carbocycles. The van der Waals surface area contributed by atoms with E-state index in [1.54, 1.807) is 0 Å². The van der Waals surface area contributed by atoms with Crippen molar-refractivity contribution in [2.45, 2.75) is 52.4 Å². The van der Waals surface area contributed by atoms with E-state index < -0.39 is 0 Å². The number of carbonyl (C=O) groups is 2. The third-order valence-corrected chi connectivity index (χ3v) is 6.02. The van der Waals surface area contributed by atoms with Crippen LogP contribution in [0, 0.1) is 17.8 Å². The Hall–Kier alpha value is -1.84. The molecule has 1 aliphatic carbocycles. The van der Waals surface area contributed by atoms with Gasteiger partial charge in [0.2, 0.25) is 11.8 Å². The molecule has 3 rings (SSSR count). The zero-order valence-electron chi connectivity index (χ0n) is 16.9. The molecule has 1 aromatic rings. The standard InChI is InChI=1S/C23H34N2O2/c1-3-12-24(13-4-2)22(26)20-17-21(20)23(27)25-14-10-19(11-15-25)16-18-8-6-5-7-9-18/h5-9,19-21H,3-4,10-17H2,1-2H3. The van der Waals surface area contributed by atoms with E-state index >= 15 is 0 Å². The maximum absolute atomic E-state index is 12.8. The van der Waals surface area contributed by atoms with Crippen LogP contribution in [-0.2, 0) is 16.0 Å². The first-order chi connectivity index (χ1) is 13.1. The summed E-state index contributed by atoms with van der Waals surface area (Å²) < 4.78 is 0. The highest BCUT2D eigenvalue weighted by molar-refractivity contribution is 5.92. The molecule has 0 spiro atoms. The molecule has 1 aliphatic heterocycles. The Labute approximate surface area is 163 Å². The van der Waals surface area contributed by atoms with Crippen molar-refractivity contribution >= 4 is 11.8 Å². The van der Waals surface area contributed by atoms with Crippen molar-refractivity contribution in [3.8, 4) is 0 Å². The van der Waals surface area contributed by atoms with Crippen LogP contribution in [0.4, 0.5) is 0 Å². The molecule has 1 saturated carbocycles. The van der Waals surface area contributed by atoms with Crippen LogP contribution in [0.1, 0.15) is 51.5 Å². The van der Waals surface area contributed by atoms with Gasteiger partial charge in [-0.1, -0.05) is 44.2 Å². The first-order valence-corrected chi connectivity index (χ1v) is 10.8. The van der Waals surface area contributed by atoms with Crippen LogP contribution in [0.15, 0.2) is 30.3 Å². The molecular formula is C23H34N2O2. The summed E-state index contributed by atoms with van der Waals surface area (Å²) in [6.45, 7) is 7.53. The van der Waals surface area contributed by atoms with Gasteiger partial charge in [-0.3, -0.25) is 9.59 Å². The minimum Gasteiger partial charge on any atom is -0.342 e. The van der Waals surface area contributed by atoms with Gasteiger partial charge in [-0.2, -0.15) is 0 Å². The van der Waals surface area contributed by atoms with Crippen molar-refractivity contribution in [2.75, 3.05) is 26.2 Å². The SMILES string of the molecule is CCCN(CCC)C(=O)C1CC1C(=O)N1CCC(Cc2ccccc2)CC1. The van der Waals surface area contributed by atoms with Crippen molar-refractivity contribution in [1.82, 2.24) is 9.80 Å². The molecule has 27 heavy (non-hydrogen) atoms. The van der Waals surface area contributed by atoms with E-state index in [4.69, 9.17) is 0 Å². The van der Waals surface area contributed by atoms with Crippen LogP contribution in [-0.4, -0.2) is 47.8 Å². The minimum atomic E-state index is -0.0577. The summed E-state index contributed by atoms with van der Waals surface area (Å²) in [5.41, 5.74) is 1.39. The molecular weight excluding hydrogens is 336 g/mol. The maximum Gasteiger partial charge on any atom is 0.226 e. The number of benzene rings is 1. The van der Waals surface area contributed by atoms with Crippen molar-refractivity contribution in [1.29, 1.82) is 0 Å². The highest BCUT2D eigenvalue weighted by Gasteiger charge is 2.50. The van der Waals surface area contributed by atoms with Gasteiger partial charge in [0.25, 0.3) is 0 Å². The summed E-state index contributed by atoms with van der Waals surface area (Å²) in [5, 5.41) is 0. The highest BCUT2D eigenvalue weighted by Crippen LogP contribution is 2.42. The average Bonchev–Trinajstić information content (AvgIpc) is 3.49. The van der Waals surface area contributed by atoms with Crippen molar-refractivity contribution in [3.63, 3.8) is 0 Å². The fraction of sp³-hybridized carbons (Fsp3) is 0.652. The van der Waals surface area contributed by atoms with Crippen LogP contribution >= 0.6 is 0 Å². The Morgan fingerprint density at radius 2 is 1.63 bits per heavy atom. The van der Waals surface area contributed by atoms with Crippen molar-refractivity contribution < 1.29 is 9.59 Å². The second-order valence-electron chi connectivity index (χ2n) is 8.23. The second kappa shape index (κ2) is 9.38. The molecule has 148 valence electrons. The summed E-state index contributed by atoms with van der Waals surface area (Å²) in [6.07, 6.45) is 5.97. The molecule has 0 radical (unpaired) electrons.